The molecule has 78 valence electrons. The van der Waals surface area contributed by atoms with Gasteiger partial charge >= 0.3 is 0 Å². The van der Waals surface area contributed by atoms with Crippen LogP contribution in [0.15, 0.2) is 18.2 Å². The quantitative estimate of drug-likeness (QED) is 0.604. The lowest BCUT2D eigenvalue weighted by Crippen LogP contribution is -2.01. The molecular weight excluding hydrogens is 194 g/mol. The number of nitro benzene ring substituents is 1. The van der Waals surface area contributed by atoms with Gasteiger partial charge in [-0.1, -0.05) is 6.92 Å². The maximum Gasteiger partial charge on any atom is 0.289 e. The van der Waals surface area contributed by atoms with Crippen LogP contribution >= 0.6 is 0 Å². The van der Waals surface area contributed by atoms with Gasteiger partial charge in [0.05, 0.1) is 4.92 Å². The van der Waals surface area contributed by atoms with Crippen molar-refractivity contribution in [3.05, 3.63) is 33.9 Å². The second kappa shape index (κ2) is 4.96. The summed E-state index contributed by atoms with van der Waals surface area (Å²) in [5.74, 6) is 0. The number of rotatable bonds is 4. The summed E-state index contributed by atoms with van der Waals surface area (Å²) in [6, 6.07) is 6.30. The molecule has 0 amide bonds. The molecule has 0 saturated carbocycles. The topological polar surface area (TPSA) is 79.0 Å². The van der Waals surface area contributed by atoms with Crippen molar-refractivity contribution in [2.24, 2.45) is 0 Å². The van der Waals surface area contributed by atoms with Gasteiger partial charge < -0.3 is 5.32 Å². The van der Waals surface area contributed by atoms with Gasteiger partial charge in [-0.25, -0.2) is 0 Å². The summed E-state index contributed by atoms with van der Waals surface area (Å²) < 4.78 is 0. The van der Waals surface area contributed by atoms with Crippen molar-refractivity contribution >= 4 is 11.4 Å². The van der Waals surface area contributed by atoms with E-state index in [1.54, 1.807) is 12.1 Å². The molecule has 0 heterocycles. The van der Waals surface area contributed by atoms with Crippen LogP contribution in [0.3, 0.4) is 0 Å². The summed E-state index contributed by atoms with van der Waals surface area (Å²) in [6.07, 6.45) is 0.938. The first kappa shape index (κ1) is 11.0. The van der Waals surface area contributed by atoms with Gasteiger partial charge in [-0.3, -0.25) is 10.1 Å². The number of nitrogens with zero attached hydrogens (tertiary/aromatic N) is 2. The van der Waals surface area contributed by atoms with Gasteiger partial charge in [0.2, 0.25) is 0 Å². The van der Waals surface area contributed by atoms with Crippen LogP contribution in [0.1, 0.15) is 18.9 Å². The number of anilines is 1. The number of nitro groups is 1. The largest absolute Gasteiger partial charge is 0.385 e. The van der Waals surface area contributed by atoms with Gasteiger partial charge in [-0.05, 0) is 18.6 Å². The predicted octanol–water partition coefficient (Wildman–Crippen LogP) is 2.29. The van der Waals surface area contributed by atoms with Crippen LogP contribution in [0.25, 0.3) is 0 Å². The molecule has 1 rings (SSSR count). The lowest BCUT2D eigenvalue weighted by atomic mass is 10.2. The lowest BCUT2D eigenvalue weighted by Gasteiger charge is -2.04. The zero-order chi connectivity index (χ0) is 11.3. The highest BCUT2D eigenvalue weighted by Gasteiger charge is 2.13. The summed E-state index contributed by atoms with van der Waals surface area (Å²) in [7, 11) is 0. The number of nitriles is 1. The molecule has 0 radical (unpaired) electrons. The van der Waals surface area contributed by atoms with E-state index in [9.17, 15) is 10.1 Å². The fraction of sp³-hybridized carbons (Fsp3) is 0.300. The fourth-order valence-electron chi connectivity index (χ4n) is 1.16. The van der Waals surface area contributed by atoms with E-state index >= 15 is 0 Å². The number of hydrogen-bond acceptors (Lipinski definition) is 4. The first-order valence-corrected chi connectivity index (χ1v) is 4.61. The van der Waals surface area contributed by atoms with E-state index in [1.165, 1.54) is 12.1 Å². The molecule has 0 saturated heterocycles. The SMILES string of the molecule is CCCNc1ccc(C#N)c([N+](=O)[O-])c1. The van der Waals surface area contributed by atoms with Gasteiger partial charge in [0.25, 0.3) is 5.69 Å². The van der Waals surface area contributed by atoms with Gasteiger partial charge in [-0.2, -0.15) is 5.26 Å². The Labute approximate surface area is 87.5 Å². The molecule has 1 aromatic carbocycles. The summed E-state index contributed by atoms with van der Waals surface area (Å²) in [5.41, 5.74) is 0.600. The minimum absolute atomic E-state index is 0.0852. The molecule has 1 aromatic rings. The molecule has 0 spiro atoms. The fourth-order valence-corrected chi connectivity index (χ4v) is 1.16. The van der Waals surface area contributed by atoms with Crippen LogP contribution in [-0.4, -0.2) is 11.5 Å². The van der Waals surface area contributed by atoms with Crippen molar-refractivity contribution in [2.75, 3.05) is 11.9 Å². The third kappa shape index (κ3) is 2.68. The van der Waals surface area contributed by atoms with E-state index in [1.807, 2.05) is 6.92 Å². The van der Waals surface area contributed by atoms with E-state index in [4.69, 9.17) is 5.26 Å². The minimum Gasteiger partial charge on any atom is -0.385 e. The van der Waals surface area contributed by atoms with Crippen molar-refractivity contribution in [1.29, 1.82) is 5.26 Å². The average Bonchev–Trinajstić information content (AvgIpc) is 2.25. The third-order valence-electron chi connectivity index (χ3n) is 1.89. The Morgan fingerprint density at radius 1 is 1.60 bits per heavy atom. The highest BCUT2D eigenvalue weighted by Crippen LogP contribution is 2.22. The molecule has 0 bridgehead atoms. The molecule has 1 N–H and O–H groups in total. The average molecular weight is 205 g/mol. The molecule has 15 heavy (non-hydrogen) atoms. The Bertz CT molecular complexity index is 410. The Kier molecular flexibility index (Phi) is 3.63. The summed E-state index contributed by atoms with van der Waals surface area (Å²) >= 11 is 0. The second-order valence-corrected chi connectivity index (χ2v) is 3.03. The van der Waals surface area contributed by atoms with Crippen molar-refractivity contribution in [2.45, 2.75) is 13.3 Å². The maximum atomic E-state index is 10.6. The second-order valence-electron chi connectivity index (χ2n) is 3.03. The van der Waals surface area contributed by atoms with E-state index in [2.05, 4.69) is 5.32 Å². The lowest BCUT2D eigenvalue weighted by molar-refractivity contribution is -0.385. The van der Waals surface area contributed by atoms with Crippen molar-refractivity contribution < 1.29 is 4.92 Å². The van der Waals surface area contributed by atoms with E-state index in [-0.39, 0.29) is 11.3 Å². The van der Waals surface area contributed by atoms with Crippen LogP contribution in [0, 0.1) is 21.4 Å². The standard InChI is InChI=1S/C10H11N3O2/c1-2-5-12-9-4-3-8(7-11)10(6-9)13(14)15/h3-4,6,12H,2,5H2,1H3. The number of benzene rings is 1. The molecule has 0 unspecified atom stereocenters. The smallest absolute Gasteiger partial charge is 0.289 e. The molecule has 0 fully saturated rings. The Morgan fingerprint density at radius 2 is 2.33 bits per heavy atom. The third-order valence-corrected chi connectivity index (χ3v) is 1.89. The first-order chi connectivity index (χ1) is 7.19. The van der Waals surface area contributed by atoms with Crippen molar-refractivity contribution in [3.63, 3.8) is 0 Å². The van der Waals surface area contributed by atoms with E-state index < -0.39 is 4.92 Å². The summed E-state index contributed by atoms with van der Waals surface area (Å²) in [6.45, 7) is 2.76. The monoisotopic (exact) mass is 205 g/mol. The minimum atomic E-state index is -0.546. The molecule has 0 aliphatic heterocycles. The van der Waals surface area contributed by atoms with E-state index in [0.29, 0.717) is 5.69 Å². The van der Waals surface area contributed by atoms with Gasteiger partial charge in [0.1, 0.15) is 11.6 Å². The van der Waals surface area contributed by atoms with Gasteiger partial charge in [0.15, 0.2) is 0 Å². The molecular formula is C10H11N3O2. The highest BCUT2D eigenvalue weighted by molar-refractivity contribution is 5.59. The first-order valence-electron chi connectivity index (χ1n) is 4.61. The number of nitrogens with one attached hydrogen (secondary N) is 1. The molecule has 5 heteroatoms. The van der Waals surface area contributed by atoms with Gasteiger partial charge in [0, 0.05) is 18.3 Å². The Hall–Kier alpha value is -2.09. The molecule has 5 nitrogen and oxygen atoms in total. The maximum absolute atomic E-state index is 10.6. The molecule has 0 aliphatic rings. The Morgan fingerprint density at radius 3 is 2.87 bits per heavy atom. The zero-order valence-corrected chi connectivity index (χ0v) is 8.36. The van der Waals surface area contributed by atoms with Crippen LogP contribution in [0.4, 0.5) is 11.4 Å². The summed E-state index contributed by atoms with van der Waals surface area (Å²) in [4.78, 5) is 10.1. The van der Waals surface area contributed by atoms with Crippen molar-refractivity contribution in [3.8, 4) is 6.07 Å². The Balaban J connectivity index is 3.01. The predicted molar refractivity (Wildman–Crippen MR) is 56.6 cm³/mol. The zero-order valence-electron chi connectivity index (χ0n) is 8.36. The van der Waals surface area contributed by atoms with E-state index in [0.717, 1.165) is 13.0 Å². The van der Waals surface area contributed by atoms with Crippen LogP contribution in [0.2, 0.25) is 0 Å². The van der Waals surface area contributed by atoms with Crippen molar-refractivity contribution in [1.82, 2.24) is 0 Å². The van der Waals surface area contributed by atoms with Crippen LogP contribution < -0.4 is 5.32 Å². The summed E-state index contributed by atoms with van der Waals surface area (Å²) in [5, 5.41) is 22.3. The van der Waals surface area contributed by atoms with Crippen LogP contribution in [-0.2, 0) is 0 Å². The van der Waals surface area contributed by atoms with Crippen LogP contribution in [0.5, 0.6) is 0 Å². The van der Waals surface area contributed by atoms with Gasteiger partial charge in [-0.15, -0.1) is 0 Å². The normalized spacial score (nSPS) is 9.33. The molecule has 0 aliphatic carbocycles. The molecule has 0 atom stereocenters. The molecule has 0 aromatic heterocycles. The number of hydrogen-bond donors (Lipinski definition) is 1. The highest BCUT2D eigenvalue weighted by atomic mass is 16.6.